The van der Waals surface area contributed by atoms with Gasteiger partial charge in [0.2, 0.25) is 0 Å². The summed E-state index contributed by atoms with van der Waals surface area (Å²) in [6.45, 7) is 7.51. The number of halogens is 1. The summed E-state index contributed by atoms with van der Waals surface area (Å²) < 4.78 is 0. The van der Waals surface area contributed by atoms with Gasteiger partial charge in [-0.25, -0.2) is 0 Å². The van der Waals surface area contributed by atoms with E-state index in [4.69, 9.17) is 11.6 Å². The molecule has 3 rings (SSSR count). The Labute approximate surface area is 155 Å². The van der Waals surface area contributed by atoms with Crippen molar-refractivity contribution in [2.75, 3.05) is 18.4 Å². The standard InChI is InChI=1S/C21H25ClN2O/c1-15-5-4-12-24(13-15)14-17-8-10-18(11-9-17)21(25)23-20-7-3-6-19(22)16(20)2/h3,6-11,15H,4-5,12-14H2,1-2H3,(H,23,25). The summed E-state index contributed by atoms with van der Waals surface area (Å²) in [6.07, 6.45) is 2.61. The van der Waals surface area contributed by atoms with Crippen LogP contribution in [0.1, 0.15) is 41.3 Å². The topological polar surface area (TPSA) is 32.3 Å². The molecule has 1 heterocycles. The maximum atomic E-state index is 12.5. The Morgan fingerprint density at radius 3 is 2.72 bits per heavy atom. The Morgan fingerprint density at radius 1 is 1.24 bits per heavy atom. The number of benzene rings is 2. The summed E-state index contributed by atoms with van der Waals surface area (Å²) in [6, 6.07) is 13.4. The highest BCUT2D eigenvalue weighted by molar-refractivity contribution is 6.31. The summed E-state index contributed by atoms with van der Waals surface area (Å²) in [5.41, 5.74) is 3.55. The Hall–Kier alpha value is -1.84. The molecule has 132 valence electrons. The number of piperidine rings is 1. The Kier molecular flexibility index (Phi) is 5.77. The zero-order valence-corrected chi connectivity index (χ0v) is 15.6. The summed E-state index contributed by atoms with van der Waals surface area (Å²) in [7, 11) is 0. The van der Waals surface area contributed by atoms with E-state index in [0.29, 0.717) is 10.6 Å². The number of likely N-dealkylation sites (tertiary alicyclic amines) is 1. The number of anilines is 1. The number of hydrogen-bond acceptors (Lipinski definition) is 2. The third-order valence-corrected chi connectivity index (χ3v) is 5.29. The molecule has 1 N–H and O–H groups in total. The second-order valence-electron chi connectivity index (χ2n) is 7.05. The highest BCUT2D eigenvalue weighted by atomic mass is 35.5. The van der Waals surface area contributed by atoms with Crippen LogP contribution < -0.4 is 5.32 Å². The lowest BCUT2D eigenvalue weighted by Gasteiger charge is -2.30. The molecule has 0 spiro atoms. The number of hydrogen-bond donors (Lipinski definition) is 1. The van der Waals surface area contributed by atoms with Crippen LogP contribution in [0.25, 0.3) is 0 Å². The van der Waals surface area contributed by atoms with Gasteiger partial charge in [0.15, 0.2) is 0 Å². The van der Waals surface area contributed by atoms with Crippen LogP contribution in [0.15, 0.2) is 42.5 Å². The van der Waals surface area contributed by atoms with E-state index < -0.39 is 0 Å². The molecular weight excluding hydrogens is 332 g/mol. The van der Waals surface area contributed by atoms with Crippen molar-refractivity contribution in [3.63, 3.8) is 0 Å². The molecule has 0 aromatic heterocycles. The van der Waals surface area contributed by atoms with Crippen LogP contribution in [-0.4, -0.2) is 23.9 Å². The fourth-order valence-corrected chi connectivity index (χ4v) is 3.56. The SMILES string of the molecule is Cc1c(Cl)cccc1NC(=O)c1ccc(CN2CCCC(C)C2)cc1. The van der Waals surface area contributed by atoms with Gasteiger partial charge in [-0.1, -0.05) is 36.7 Å². The molecule has 1 atom stereocenters. The Morgan fingerprint density at radius 2 is 2.00 bits per heavy atom. The van der Waals surface area contributed by atoms with E-state index >= 15 is 0 Å². The summed E-state index contributed by atoms with van der Waals surface area (Å²) in [5.74, 6) is 0.670. The molecule has 1 unspecified atom stereocenters. The van der Waals surface area contributed by atoms with E-state index in [0.717, 1.165) is 30.3 Å². The van der Waals surface area contributed by atoms with Crippen molar-refractivity contribution >= 4 is 23.2 Å². The van der Waals surface area contributed by atoms with Crippen LogP contribution in [0, 0.1) is 12.8 Å². The van der Waals surface area contributed by atoms with Gasteiger partial charge in [-0.05, 0) is 67.6 Å². The average molecular weight is 357 g/mol. The van der Waals surface area contributed by atoms with Crippen LogP contribution >= 0.6 is 11.6 Å². The van der Waals surface area contributed by atoms with Gasteiger partial charge in [-0.15, -0.1) is 0 Å². The average Bonchev–Trinajstić information content (AvgIpc) is 2.59. The summed E-state index contributed by atoms with van der Waals surface area (Å²) >= 11 is 6.11. The van der Waals surface area contributed by atoms with E-state index in [1.54, 1.807) is 0 Å². The van der Waals surface area contributed by atoms with Gasteiger partial charge < -0.3 is 5.32 Å². The molecule has 1 saturated heterocycles. The Bertz CT molecular complexity index is 742. The van der Waals surface area contributed by atoms with E-state index in [9.17, 15) is 4.79 Å². The predicted molar refractivity (Wildman–Crippen MR) is 104 cm³/mol. The maximum absolute atomic E-state index is 12.5. The predicted octanol–water partition coefficient (Wildman–Crippen LogP) is 5.13. The van der Waals surface area contributed by atoms with Gasteiger partial charge in [-0.2, -0.15) is 0 Å². The Balaban J connectivity index is 1.63. The number of rotatable bonds is 4. The molecule has 1 fully saturated rings. The van der Waals surface area contributed by atoms with Crippen LogP contribution in [0.4, 0.5) is 5.69 Å². The molecule has 25 heavy (non-hydrogen) atoms. The summed E-state index contributed by atoms with van der Waals surface area (Å²) in [4.78, 5) is 15.0. The number of nitrogens with one attached hydrogen (secondary N) is 1. The fraction of sp³-hybridized carbons (Fsp3) is 0.381. The first kappa shape index (κ1) is 18.0. The normalized spacial score (nSPS) is 18.1. The zero-order valence-electron chi connectivity index (χ0n) is 14.9. The van der Waals surface area contributed by atoms with Crippen molar-refractivity contribution in [3.8, 4) is 0 Å². The first-order valence-electron chi connectivity index (χ1n) is 8.90. The van der Waals surface area contributed by atoms with Crippen molar-refractivity contribution in [2.24, 2.45) is 5.92 Å². The molecule has 0 radical (unpaired) electrons. The largest absolute Gasteiger partial charge is 0.322 e. The highest BCUT2D eigenvalue weighted by Gasteiger charge is 2.16. The second kappa shape index (κ2) is 8.03. The van der Waals surface area contributed by atoms with E-state index in [1.165, 1.54) is 24.9 Å². The van der Waals surface area contributed by atoms with Crippen LogP contribution in [0.3, 0.4) is 0 Å². The van der Waals surface area contributed by atoms with Gasteiger partial charge in [0.25, 0.3) is 5.91 Å². The van der Waals surface area contributed by atoms with Crippen molar-refractivity contribution in [1.82, 2.24) is 4.90 Å². The zero-order chi connectivity index (χ0) is 17.8. The molecule has 1 aliphatic rings. The monoisotopic (exact) mass is 356 g/mol. The van der Waals surface area contributed by atoms with Crippen molar-refractivity contribution in [1.29, 1.82) is 0 Å². The van der Waals surface area contributed by atoms with E-state index in [-0.39, 0.29) is 5.91 Å². The quantitative estimate of drug-likeness (QED) is 0.823. The molecule has 0 saturated carbocycles. The smallest absolute Gasteiger partial charge is 0.255 e. The lowest BCUT2D eigenvalue weighted by Crippen LogP contribution is -2.33. The van der Waals surface area contributed by atoms with Gasteiger partial charge in [0, 0.05) is 29.4 Å². The molecule has 2 aromatic carbocycles. The first-order valence-corrected chi connectivity index (χ1v) is 9.28. The van der Waals surface area contributed by atoms with Crippen LogP contribution in [0.5, 0.6) is 0 Å². The first-order chi connectivity index (χ1) is 12.0. The van der Waals surface area contributed by atoms with Crippen molar-refractivity contribution in [2.45, 2.75) is 33.2 Å². The second-order valence-corrected chi connectivity index (χ2v) is 7.45. The van der Waals surface area contributed by atoms with Gasteiger partial charge in [0.05, 0.1) is 0 Å². The lowest BCUT2D eigenvalue weighted by molar-refractivity contribution is 0.102. The van der Waals surface area contributed by atoms with Crippen molar-refractivity contribution < 1.29 is 4.79 Å². The van der Waals surface area contributed by atoms with Gasteiger partial charge in [0.1, 0.15) is 0 Å². The molecule has 0 bridgehead atoms. The summed E-state index contributed by atoms with van der Waals surface area (Å²) in [5, 5.41) is 3.60. The molecule has 3 nitrogen and oxygen atoms in total. The van der Waals surface area contributed by atoms with Crippen LogP contribution in [0.2, 0.25) is 5.02 Å². The number of amides is 1. The minimum absolute atomic E-state index is 0.108. The minimum atomic E-state index is -0.108. The molecule has 0 aliphatic carbocycles. The van der Waals surface area contributed by atoms with E-state index in [1.807, 2.05) is 37.3 Å². The number of carbonyl (C=O) groups is 1. The van der Waals surface area contributed by atoms with Gasteiger partial charge in [-0.3, -0.25) is 9.69 Å². The molecular formula is C21H25ClN2O. The maximum Gasteiger partial charge on any atom is 0.255 e. The number of carbonyl (C=O) groups excluding carboxylic acids is 1. The fourth-order valence-electron chi connectivity index (χ4n) is 3.39. The van der Waals surface area contributed by atoms with E-state index in [2.05, 4.69) is 29.3 Å². The number of nitrogens with zero attached hydrogens (tertiary/aromatic N) is 1. The van der Waals surface area contributed by atoms with Crippen LogP contribution in [-0.2, 0) is 6.54 Å². The lowest BCUT2D eigenvalue weighted by atomic mass is 9.99. The molecule has 2 aromatic rings. The molecule has 4 heteroatoms. The minimum Gasteiger partial charge on any atom is -0.322 e. The molecule has 1 aliphatic heterocycles. The highest BCUT2D eigenvalue weighted by Crippen LogP contribution is 2.23. The third-order valence-electron chi connectivity index (χ3n) is 4.88. The third kappa shape index (κ3) is 4.62. The van der Waals surface area contributed by atoms with Crippen molar-refractivity contribution in [3.05, 3.63) is 64.2 Å². The van der Waals surface area contributed by atoms with Gasteiger partial charge >= 0.3 is 0 Å². The molecule has 1 amide bonds.